The minimum atomic E-state index is -0.301. The van der Waals surface area contributed by atoms with Gasteiger partial charge in [-0.1, -0.05) is 20.3 Å². The second-order valence-corrected chi connectivity index (χ2v) is 3.97. The van der Waals surface area contributed by atoms with Gasteiger partial charge in [-0.3, -0.25) is 4.79 Å². The molecular weight excluding hydrogens is 192 g/mol. The number of rotatable bonds is 5. The second-order valence-electron chi connectivity index (χ2n) is 3.97. The molecular formula is C11H22N2O2. The van der Waals surface area contributed by atoms with Crippen molar-refractivity contribution >= 4 is 5.91 Å². The molecule has 1 rings (SSSR count). The molecule has 0 saturated carbocycles. The molecule has 0 aromatic rings. The van der Waals surface area contributed by atoms with Gasteiger partial charge in [0.15, 0.2) is 0 Å². The van der Waals surface area contributed by atoms with Crippen molar-refractivity contribution < 1.29 is 9.53 Å². The van der Waals surface area contributed by atoms with Crippen molar-refractivity contribution in [1.29, 1.82) is 0 Å². The topological polar surface area (TPSA) is 50.4 Å². The van der Waals surface area contributed by atoms with Crippen molar-refractivity contribution in [3.05, 3.63) is 0 Å². The monoisotopic (exact) mass is 214 g/mol. The van der Waals surface area contributed by atoms with Gasteiger partial charge in [0.2, 0.25) is 0 Å². The SMILES string of the molecule is CCCC(CC)NC(=O)C1CNCCO1. The van der Waals surface area contributed by atoms with Gasteiger partial charge in [0.25, 0.3) is 5.91 Å². The molecule has 0 aliphatic carbocycles. The molecule has 2 unspecified atom stereocenters. The summed E-state index contributed by atoms with van der Waals surface area (Å²) in [5.74, 6) is 0.0301. The summed E-state index contributed by atoms with van der Waals surface area (Å²) in [4.78, 5) is 11.8. The molecule has 88 valence electrons. The fourth-order valence-corrected chi connectivity index (χ4v) is 1.75. The van der Waals surface area contributed by atoms with Crippen LogP contribution >= 0.6 is 0 Å². The Labute approximate surface area is 91.8 Å². The Morgan fingerprint density at radius 3 is 2.93 bits per heavy atom. The molecule has 0 radical (unpaired) electrons. The van der Waals surface area contributed by atoms with Gasteiger partial charge < -0.3 is 15.4 Å². The van der Waals surface area contributed by atoms with Crippen LogP contribution in [0.1, 0.15) is 33.1 Å². The van der Waals surface area contributed by atoms with Crippen LogP contribution in [0.2, 0.25) is 0 Å². The number of ether oxygens (including phenoxy) is 1. The Balaban J connectivity index is 2.31. The predicted molar refractivity (Wildman–Crippen MR) is 59.7 cm³/mol. The van der Waals surface area contributed by atoms with Gasteiger partial charge in [-0.05, 0) is 12.8 Å². The van der Waals surface area contributed by atoms with Gasteiger partial charge in [-0.2, -0.15) is 0 Å². The summed E-state index contributed by atoms with van der Waals surface area (Å²) in [5.41, 5.74) is 0. The lowest BCUT2D eigenvalue weighted by Gasteiger charge is -2.25. The van der Waals surface area contributed by atoms with Crippen LogP contribution in [0, 0.1) is 0 Å². The van der Waals surface area contributed by atoms with Gasteiger partial charge in [0.05, 0.1) is 6.61 Å². The average molecular weight is 214 g/mol. The highest BCUT2D eigenvalue weighted by atomic mass is 16.5. The van der Waals surface area contributed by atoms with Gasteiger partial charge >= 0.3 is 0 Å². The lowest BCUT2D eigenvalue weighted by atomic mass is 10.1. The number of carbonyl (C=O) groups is 1. The molecule has 4 nitrogen and oxygen atoms in total. The Bertz CT molecular complexity index is 191. The van der Waals surface area contributed by atoms with Crippen molar-refractivity contribution in [1.82, 2.24) is 10.6 Å². The molecule has 1 heterocycles. The summed E-state index contributed by atoms with van der Waals surface area (Å²) in [6, 6.07) is 0.299. The van der Waals surface area contributed by atoms with Crippen LogP contribution in [0.15, 0.2) is 0 Å². The van der Waals surface area contributed by atoms with E-state index >= 15 is 0 Å². The second kappa shape index (κ2) is 6.80. The van der Waals surface area contributed by atoms with Crippen LogP contribution in [0.3, 0.4) is 0 Å². The zero-order valence-corrected chi connectivity index (χ0v) is 9.71. The molecule has 0 aromatic heterocycles. The number of morpholine rings is 1. The molecule has 2 N–H and O–H groups in total. The number of nitrogens with one attached hydrogen (secondary N) is 2. The molecule has 15 heavy (non-hydrogen) atoms. The normalized spacial score (nSPS) is 23.5. The first-order valence-electron chi connectivity index (χ1n) is 5.90. The summed E-state index contributed by atoms with van der Waals surface area (Å²) in [6.07, 6.45) is 2.83. The smallest absolute Gasteiger partial charge is 0.250 e. The number of hydrogen-bond acceptors (Lipinski definition) is 3. The predicted octanol–water partition coefficient (Wildman–Crippen LogP) is 0.670. The first kappa shape index (κ1) is 12.5. The Hall–Kier alpha value is -0.610. The first-order chi connectivity index (χ1) is 7.27. The molecule has 1 amide bonds. The summed E-state index contributed by atoms with van der Waals surface area (Å²) in [6.45, 7) is 6.33. The van der Waals surface area contributed by atoms with Gasteiger partial charge in [-0.15, -0.1) is 0 Å². The van der Waals surface area contributed by atoms with E-state index in [1.807, 2.05) is 0 Å². The lowest BCUT2D eigenvalue weighted by molar-refractivity contribution is -0.135. The zero-order chi connectivity index (χ0) is 11.1. The van der Waals surface area contributed by atoms with E-state index in [1.54, 1.807) is 0 Å². The van der Waals surface area contributed by atoms with Crippen molar-refractivity contribution in [2.75, 3.05) is 19.7 Å². The van der Waals surface area contributed by atoms with Gasteiger partial charge in [0, 0.05) is 19.1 Å². The maximum absolute atomic E-state index is 11.8. The molecule has 0 bridgehead atoms. The standard InChI is InChI=1S/C11H22N2O2/c1-3-5-9(4-2)13-11(14)10-8-12-6-7-15-10/h9-10,12H,3-8H2,1-2H3,(H,13,14). The Morgan fingerprint density at radius 1 is 1.60 bits per heavy atom. The van der Waals surface area contributed by atoms with Crippen molar-refractivity contribution in [3.63, 3.8) is 0 Å². The van der Waals surface area contributed by atoms with Crippen LogP contribution in [0.4, 0.5) is 0 Å². The van der Waals surface area contributed by atoms with E-state index in [4.69, 9.17) is 4.74 Å². The van der Waals surface area contributed by atoms with E-state index in [-0.39, 0.29) is 12.0 Å². The highest BCUT2D eigenvalue weighted by Gasteiger charge is 2.23. The summed E-state index contributed by atoms with van der Waals surface area (Å²) >= 11 is 0. The van der Waals surface area contributed by atoms with Crippen molar-refractivity contribution in [2.24, 2.45) is 0 Å². The maximum Gasteiger partial charge on any atom is 0.250 e. The van der Waals surface area contributed by atoms with E-state index in [0.29, 0.717) is 19.2 Å². The average Bonchev–Trinajstić information content (AvgIpc) is 2.29. The third-order valence-electron chi connectivity index (χ3n) is 2.70. The van der Waals surface area contributed by atoms with E-state index < -0.39 is 0 Å². The molecule has 1 fully saturated rings. The van der Waals surface area contributed by atoms with Crippen LogP contribution in [-0.2, 0) is 9.53 Å². The van der Waals surface area contributed by atoms with Gasteiger partial charge in [-0.25, -0.2) is 0 Å². The number of hydrogen-bond donors (Lipinski definition) is 2. The molecule has 0 spiro atoms. The summed E-state index contributed by atoms with van der Waals surface area (Å²) in [5, 5.41) is 6.19. The molecule has 1 aliphatic rings. The number of amides is 1. The quantitative estimate of drug-likeness (QED) is 0.707. The highest BCUT2D eigenvalue weighted by molar-refractivity contribution is 5.81. The fourth-order valence-electron chi connectivity index (χ4n) is 1.75. The van der Waals surface area contributed by atoms with Crippen LogP contribution in [-0.4, -0.2) is 37.7 Å². The lowest BCUT2D eigenvalue weighted by Crippen LogP contribution is -2.50. The summed E-state index contributed by atoms with van der Waals surface area (Å²) in [7, 11) is 0. The fraction of sp³-hybridized carbons (Fsp3) is 0.909. The Morgan fingerprint density at radius 2 is 2.40 bits per heavy atom. The zero-order valence-electron chi connectivity index (χ0n) is 9.71. The molecule has 0 aromatic carbocycles. The van der Waals surface area contributed by atoms with Crippen LogP contribution < -0.4 is 10.6 Å². The third kappa shape index (κ3) is 4.18. The molecule has 2 atom stereocenters. The first-order valence-corrected chi connectivity index (χ1v) is 5.90. The Kier molecular flexibility index (Phi) is 5.65. The molecule has 1 saturated heterocycles. The van der Waals surface area contributed by atoms with E-state index in [1.165, 1.54) is 0 Å². The van der Waals surface area contributed by atoms with E-state index in [9.17, 15) is 4.79 Å². The van der Waals surface area contributed by atoms with Gasteiger partial charge in [0.1, 0.15) is 6.10 Å². The number of carbonyl (C=O) groups excluding carboxylic acids is 1. The van der Waals surface area contributed by atoms with Crippen molar-refractivity contribution in [2.45, 2.75) is 45.3 Å². The minimum absolute atomic E-state index is 0.0301. The van der Waals surface area contributed by atoms with E-state index in [0.717, 1.165) is 25.8 Å². The third-order valence-corrected chi connectivity index (χ3v) is 2.70. The highest BCUT2D eigenvalue weighted by Crippen LogP contribution is 2.03. The van der Waals surface area contributed by atoms with Crippen molar-refractivity contribution in [3.8, 4) is 0 Å². The minimum Gasteiger partial charge on any atom is -0.366 e. The molecule has 1 aliphatic heterocycles. The van der Waals surface area contributed by atoms with E-state index in [2.05, 4.69) is 24.5 Å². The van der Waals surface area contributed by atoms with Crippen LogP contribution in [0.5, 0.6) is 0 Å². The summed E-state index contributed by atoms with van der Waals surface area (Å²) < 4.78 is 5.39. The molecule has 4 heteroatoms. The maximum atomic E-state index is 11.8. The van der Waals surface area contributed by atoms with Crippen LogP contribution in [0.25, 0.3) is 0 Å². The largest absolute Gasteiger partial charge is 0.366 e.